The standard InChI is InChI=1S/C7H13NO/c1-2-5-8-6-3-4-7(8)9/h2,7,9H,1,3-6H2. The summed E-state index contributed by atoms with van der Waals surface area (Å²) in [5, 5.41) is 9.20. The van der Waals surface area contributed by atoms with Crippen molar-refractivity contribution in [1.82, 2.24) is 4.90 Å². The van der Waals surface area contributed by atoms with Gasteiger partial charge in [-0.1, -0.05) is 6.08 Å². The van der Waals surface area contributed by atoms with E-state index in [-0.39, 0.29) is 6.23 Å². The van der Waals surface area contributed by atoms with Gasteiger partial charge in [0.2, 0.25) is 0 Å². The Morgan fingerprint density at radius 1 is 1.78 bits per heavy atom. The fourth-order valence-electron chi connectivity index (χ4n) is 1.19. The first-order valence-corrected chi connectivity index (χ1v) is 3.37. The topological polar surface area (TPSA) is 23.5 Å². The third-order valence-corrected chi connectivity index (χ3v) is 1.69. The molecule has 1 fully saturated rings. The Balaban J connectivity index is 2.30. The Bertz CT molecular complexity index is 103. The molecule has 1 rings (SSSR count). The van der Waals surface area contributed by atoms with Crippen molar-refractivity contribution >= 4 is 0 Å². The molecule has 0 amide bonds. The molecule has 0 aliphatic carbocycles. The van der Waals surface area contributed by atoms with Crippen LogP contribution in [0.3, 0.4) is 0 Å². The molecule has 1 aliphatic heterocycles. The fourth-order valence-corrected chi connectivity index (χ4v) is 1.19. The van der Waals surface area contributed by atoms with E-state index in [1.54, 1.807) is 0 Å². The Hall–Kier alpha value is -0.340. The number of aliphatic hydroxyl groups is 1. The van der Waals surface area contributed by atoms with E-state index in [4.69, 9.17) is 0 Å². The van der Waals surface area contributed by atoms with Gasteiger partial charge in [-0.15, -0.1) is 6.58 Å². The highest BCUT2D eigenvalue weighted by Crippen LogP contribution is 2.13. The minimum absolute atomic E-state index is 0.206. The molecule has 0 bridgehead atoms. The summed E-state index contributed by atoms with van der Waals surface area (Å²) in [7, 11) is 0. The van der Waals surface area contributed by atoms with Crippen LogP contribution in [0.4, 0.5) is 0 Å². The van der Waals surface area contributed by atoms with Crippen molar-refractivity contribution in [3.63, 3.8) is 0 Å². The molecule has 0 aromatic heterocycles. The van der Waals surface area contributed by atoms with Crippen molar-refractivity contribution in [3.8, 4) is 0 Å². The van der Waals surface area contributed by atoms with Gasteiger partial charge in [-0.2, -0.15) is 0 Å². The summed E-state index contributed by atoms with van der Waals surface area (Å²) in [4.78, 5) is 2.02. The molecule has 0 saturated carbocycles. The second kappa shape index (κ2) is 2.99. The van der Waals surface area contributed by atoms with Crippen LogP contribution in [0.1, 0.15) is 12.8 Å². The smallest absolute Gasteiger partial charge is 0.107 e. The van der Waals surface area contributed by atoms with E-state index in [1.807, 2.05) is 11.0 Å². The Kier molecular flexibility index (Phi) is 2.25. The van der Waals surface area contributed by atoms with Crippen molar-refractivity contribution < 1.29 is 5.11 Å². The van der Waals surface area contributed by atoms with Gasteiger partial charge in [-0.3, -0.25) is 4.90 Å². The highest BCUT2D eigenvalue weighted by Gasteiger charge is 2.19. The summed E-state index contributed by atoms with van der Waals surface area (Å²) < 4.78 is 0. The van der Waals surface area contributed by atoms with Crippen molar-refractivity contribution in [1.29, 1.82) is 0 Å². The zero-order valence-electron chi connectivity index (χ0n) is 5.58. The van der Waals surface area contributed by atoms with Crippen LogP contribution in [0, 0.1) is 0 Å². The summed E-state index contributed by atoms with van der Waals surface area (Å²) >= 11 is 0. The largest absolute Gasteiger partial charge is 0.378 e. The van der Waals surface area contributed by atoms with E-state index in [0.29, 0.717) is 0 Å². The summed E-state index contributed by atoms with van der Waals surface area (Å²) in [5.41, 5.74) is 0. The summed E-state index contributed by atoms with van der Waals surface area (Å²) in [6, 6.07) is 0. The summed E-state index contributed by atoms with van der Waals surface area (Å²) in [6.07, 6.45) is 3.67. The molecular formula is C7H13NO. The van der Waals surface area contributed by atoms with Crippen LogP contribution >= 0.6 is 0 Å². The maximum Gasteiger partial charge on any atom is 0.107 e. The van der Waals surface area contributed by atoms with E-state index in [0.717, 1.165) is 25.9 Å². The zero-order chi connectivity index (χ0) is 6.69. The summed E-state index contributed by atoms with van der Waals surface area (Å²) in [5.74, 6) is 0. The van der Waals surface area contributed by atoms with Crippen LogP contribution in [0.15, 0.2) is 12.7 Å². The summed E-state index contributed by atoms with van der Waals surface area (Å²) in [6.45, 7) is 5.45. The van der Waals surface area contributed by atoms with Gasteiger partial charge < -0.3 is 5.11 Å². The lowest BCUT2D eigenvalue weighted by Crippen LogP contribution is -2.28. The Morgan fingerprint density at radius 3 is 3.00 bits per heavy atom. The molecule has 0 aromatic rings. The first-order chi connectivity index (χ1) is 4.34. The van der Waals surface area contributed by atoms with Gasteiger partial charge in [-0.25, -0.2) is 0 Å². The lowest BCUT2D eigenvalue weighted by molar-refractivity contribution is 0.0467. The van der Waals surface area contributed by atoms with E-state index >= 15 is 0 Å². The van der Waals surface area contributed by atoms with Gasteiger partial charge in [0.05, 0.1) is 0 Å². The Labute approximate surface area is 55.8 Å². The molecule has 52 valence electrons. The fraction of sp³-hybridized carbons (Fsp3) is 0.714. The van der Waals surface area contributed by atoms with Gasteiger partial charge in [-0.05, 0) is 12.8 Å². The molecule has 2 heteroatoms. The minimum atomic E-state index is -0.206. The second-order valence-corrected chi connectivity index (χ2v) is 2.41. The molecule has 2 nitrogen and oxygen atoms in total. The van der Waals surface area contributed by atoms with Crippen molar-refractivity contribution in [2.24, 2.45) is 0 Å². The van der Waals surface area contributed by atoms with Gasteiger partial charge in [0.1, 0.15) is 6.23 Å². The number of nitrogens with zero attached hydrogens (tertiary/aromatic N) is 1. The first-order valence-electron chi connectivity index (χ1n) is 3.37. The molecule has 1 N–H and O–H groups in total. The number of hydrogen-bond acceptors (Lipinski definition) is 2. The average molecular weight is 127 g/mol. The molecule has 0 radical (unpaired) electrons. The minimum Gasteiger partial charge on any atom is -0.378 e. The average Bonchev–Trinajstić information content (AvgIpc) is 2.18. The van der Waals surface area contributed by atoms with Crippen molar-refractivity contribution in [2.75, 3.05) is 13.1 Å². The predicted octanol–water partition coefficient (Wildman–Crippen LogP) is 0.587. The van der Waals surface area contributed by atoms with E-state index < -0.39 is 0 Å². The molecule has 0 aromatic carbocycles. The third kappa shape index (κ3) is 1.53. The van der Waals surface area contributed by atoms with Gasteiger partial charge in [0.25, 0.3) is 0 Å². The molecule has 1 aliphatic rings. The monoisotopic (exact) mass is 127 g/mol. The van der Waals surface area contributed by atoms with Gasteiger partial charge in [0, 0.05) is 13.1 Å². The van der Waals surface area contributed by atoms with E-state index in [9.17, 15) is 5.11 Å². The maximum absolute atomic E-state index is 9.20. The van der Waals surface area contributed by atoms with Crippen LogP contribution in [0.25, 0.3) is 0 Å². The SMILES string of the molecule is C=CCN1CCCC1O. The molecule has 1 atom stereocenters. The number of rotatable bonds is 2. The van der Waals surface area contributed by atoms with Crippen LogP contribution in [-0.4, -0.2) is 29.3 Å². The molecular weight excluding hydrogens is 114 g/mol. The highest BCUT2D eigenvalue weighted by atomic mass is 16.3. The van der Waals surface area contributed by atoms with E-state index in [2.05, 4.69) is 6.58 Å². The first kappa shape index (κ1) is 6.78. The lowest BCUT2D eigenvalue weighted by atomic mass is 10.4. The Morgan fingerprint density at radius 2 is 2.56 bits per heavy atom. The molecule has 0 spiro atoms. The predicted molar refractivity (Wildman–Crippen MR) is 37.0 cm³/mol. The number of aliphatic hydroxyl groups excluding tert-OH is 1. The quantitative estimate of drug-likeness (QED) is 0.549. The molecule has 1 saturated heterocycles. The number of hydrogen-bond donors (Lipinski definition) is 1. The lowest BCUT2D eigenvalue weighted by Gasteiger charge is -2.16. The van der Waals surface area contributed by atoms with Crippen LogP contribution < -0.4 is 0 Å². The van der Waals surface area contributed by atoms with Gasteiger partial charge >= 0.3 is 0 Å². The van der Waals surface area contributed by atoms with Crippen molar-refractivity contribution in [2.45, 2.75) is 19.1 Å². The highest BCUT2D eigenvalue weighted by molar-refractivity contribution is 4.78. The molecule has 1 unspecified atom stereocenters. The molecule has 1 heterocycles. The second-order valence-electron chi connectivity index (χ2n) is 2.41. The van der Waals surface area contributed by atoms with Crippen LogP contribution in [0.2, 0.25) is 0 Å². The molecule has 9 heavy (non-hydrogen) atoms. The maximum atomic E-state index is 9.20. The number of likely N-dealkylation sites (tertiary alicyclic amines) is 1. The third-order valence-electron chi connectivity index (χ3n) is 1.69. The van der Waals surface area contributed by atoms with Crippen LogP contribution in [-0.2, 0) is 0 Å². The van der Waals surface area contributed by atoms with Crippen LogP contribution in [0.5, 0.6) is 0 Å². The van der Waals surface area contributed by atoms with Crippen molar-refractivity contribution in [3.05, 3.63) is 12.7 Å². The van der Waals surface area contributed by atoms with Gasteiger partial charge in [0.15, 0.2) is 0 Å². The zero-order valence-corrected chi connectivity index (χ0v) is 5.58. The van der Waals surface area contributed by atoms with E-state index in [1.165, 1.54) is 0 Å². The normalized spacial score (nSPS) is 28.8.